The summed E-state index contributed by atoms with van der Waals surface area (Å²) >= 11 is 1.58. The van der Waals surface area contributed by atoms with E-state index in [9.17, 15) is 19.5 Å². The third-order valence-corrected chi connectivity index (χ3v) is 7.75. The van der Waals surface area contributed by atoms with Crippen LogP contribution in [0.15, 0.2) is 29.8 Å². The SMILES string of the molecule is Cc1ncsc1-c1ccc(CNC(=O)[C@@H]2C[C@@H](O)CN2C(=O)[C@@H](NC(=O)CCCCCO)C(C)(C)C)cc1. The number of unbranched alkanes of at least 4 members (excludes halogenated alkanes) is 2. The van der Waals surface area contributed by atoms with E-state index in [0.29, 0.717) is 19.4 Å². The van der Waals surface area contributed by atoms with Crippen molar-refractivity contribution in [3.63, 3.8) is 0 Å². The van der Waals surface area contributed by atoms with Crippen molar-refractivity contribution in [1.29, 1.82) is 0 Å². The van der Waals surface area contributed by atoms with Crippen LogP contribution in [0.5, 0.6) is 0 Å². The topological polar surface area (TPSA) is 132 Å². The summed E-state index contributed by atoms with van der Waals surface area (Å²) in [5.74, 6) is -0.948. The van der Waals surface area contributed by atoms with Crippen LogP contribution >= 0.6 is 11.3 Å². The maximum Gasteiger partial charge on any atom is 0.246 e. The molecule has 3 rings (SSSR count). The Morgan fingerprint density at radius 3 is 2.47 bits per heavy atom. The van der Waals surface area contributed by atoms with Crippen LogP contribution in [-0.2, 0) is 20.9 Å². The molecule has 1 aromatic carbocycles. The minimum atomic E-state index is -0.837. The van der Waals surface area contributed by atoms with Crippen molar-refractivity contribution in [1.82, 2.24) is 20.5 Å². The fraction of sp³-hybridized carbons (Fsp3) is 0.571. The zero-order chi connectivity index (χ0) is 27.9. The van der Waals surface area contributed by atoms with Crippen LogP contribution in [0.3, 0.4) is 0 Å². The molecule has 1 saturated heterocycles. The largest absolute Gasteiger partial charge is 0.396 e. The van der Waals surface area contributed by atoms with E-state index in [1.165, 1.54) is 4.90 Å². The number of hydrogen-bond donors (Lipinski definition) is 4. The number of benzene rings is 1. The lowest BCUT2D eigenvalue weighted by atomic mass is 9.85. The molecule has 0 unspecified atom stereocenters. The van der Waals surface area contributed by atoms with Crippen LogP contribution < -0.4 is 10.6 Å². The Bertz CT molecular complexity index is 1100. The summed E-state index contributed by atoms with van der Waals surface area (Å²) in [4.78, 5) is 46.1. The Kier molecular flexibility index (Phi) is 10.4. The van der Waals surface area contributed by atoms with Gasteiger partial charge in [0.15, 0.2) is 0 Å². The number of aliphatic hydroxyl groups is 2. The van der Waals surface area contributed by atoms with Crippen molar-refractivity contribution in [2.45, 2.75) is 84.5 Å². The molecule has 0 radical (unpaired) electrons. The van der Waals surface area contributed by atoms with Gasteiger partial charge in [-0.25, -0.2) is 4.98 Å². The summed E-state index contributed by atoms with van der Waals surface area (Å²) < 4.78 is 0. The molecule has 0 spiro atoms. The quantitative estimate of drug-likeness (QED) is 0.322. The first-order chi connectivity index (χ1) is 18.0. The van der Waals surface area contributed by atoms with Gasteiger partial charge in [-0.05, 0) is 36.3 Å². The first-order valence-corrected chi connectivity index (χ1v) is 14.0. The second-order valence-corrected chi connectivity index (χ2v) is 11.8. The molecule has 208 valence electrons. The number of hydrogen-bond acceptors (Lipinski definition) is 7. The minimum absolute atomic E-state index is 0.0404. The lowest BCUT2D eigenvalue weighted by molar-refractivity contribution is -0.144. The number of thiazole rings is 1. The molecule has 3 amide bonds. The number of amides is 3. The van der Waals surface area contributed by atoms with E-state index in [1.54, 1.807) is 11.3 Å². The molecule has 0 saturated carbocycles. The molecule has 0 bridgehead atoms. The van der Waals surface area contributed by atoms with Gasteiger partial charge in [0, 0.05) is 32.5 Å². The molecular weight excluding hydrogens is 504 g/mol. The number of carbonyl (C=O) groups excluding carboxylic acids is 3. The highest BCUT2D eigenvalue weighted by atomic mass is 32.1. The predicted molar refractivity (Wildman–Crippen MR) is 147 cm³/mol. The van der Waals surface area contributed by atoms with E-state index in [1.807, 2.05) is 57.5 Å². The highest BCUT2D eigenvalue weighted by Gasteiger charge is 2.44. The number of carbonyl (C=O) groups is 3. The van der Waals surface area contributed by atoms with Crippen molar-refractivity contribution in [2.75, 3.05) is 13.2 Å². The number of nitrogens with zero attached hydrogens (tertiary/aromatic N) is 2. The number of rotatable bonds is 11. The zero-order valence-electron chi connectivity index (χ0n) is 22.7. The average molecular weight is 545 g/mol. The lowest BCUT2D eigenvalue weighted by Crippen LogP contribution is -2.57. The molecular formula is C28H40N4O5S. The zero-order valence-corrected chi connectivity index (χ0v) is 23.5. The van der Waals surface area contributed by atoms with Crippen molar-refractivity contribution >= 4 is 29.1 Å². The summed E-state index contributed by atoms with van der Waals surface area (Å²) in [6.45, 7) is 7.98. The van der Waals surface area contributed by atoms with Crippen LogP contribution in [-0.4, -0.2) is 69.2 Å². The predicted octanol–water partition coefficient (Wildman–Crippen LogP) is 2.78. The molecule has 10 heteroatoms. The number of aromatic nitrogens is 1. The van der Waals surface area contributed by atoms with Gasteiger partial charge in [0.2, 0.25) is 17.7 Å². The lowest BCUT2D eigenvalue weighted by Gasteiger charge is -2.35. The smallest absolute Gasteiger partial charge is 0.246 e. The van der Waals surface area contributed by atoms with E-state index in [4.69, 9.17) is 5.11 Å². The number of likely N-dealkylation sites (tertiary alicyclic amines) is 1. The third-order valence-electron chi connectivity index (χ3n) is 6.77. The van der Waals surface area contributed by atoms with Crippen LogP contribution in [0, 0.1) is 12.3 Å². The maximum absolute atomic E-state index is 13.6. The Morgan fingerprint density at radius 1 is 1.16 bits per heavy atom. The second-order valence-electron chi connectivity index (χ2n) is 11.0. The van der Waals surface area contributed by atoms with E-state index < -0.39 is 23.6 Å². The molecule has 1 aromatic heterocycles. The Morgan fingerprint density at radius 2 is 1.87 bits per heavy atom. The van der Waals surface area contributed by atoms with Gasteiger partial charge in [-0.15, -0.1) is 11.3 Å². The average Bonchev–Trinajstić information content (AvgIpc) is 3.48. The van der Waals surface area contributed by atoms with Crippen molar-refractivity contribution in [3.8, 4) is 10.4 Å². The van der Waals surface area contributed by atoms with Crippen LogP contribution in [0.25, 0.3) is 10.4 Å². The molecule has 9 nitrogen and oxygen atoms in total. The summed E-state index contributed by atoms with van der Waals surface area (Å²) in [5.41, 5.74) is 4.19. The number of aliphatic hydroxyl groups excluding tert-OH is 2. The molecule has 2 heterocycles. The first-order valence-electron chi connectivity index (χ1n) is 13.2. The molecule has 1 fully saturated rings. The van der Waals surface area contributed by atoms with E-state index >= 15 is 0 Å². The normalized spacial score (nSPS) is 18.3. The molecule has 0 aliphatic carbocycles. The number of aryl methyl sites for hydroxylation is 1. The monoisotopic (exact) mass is 544 g/mol. The fourth-order valence-corrected chi connectivity index (χ4v) is 5.40. The molecule has 4 N–H and O–H groups in total. The summed E-state index contributed by atoms with van der Waals surface area (Å²) in [6, 6.07) is 6.24. The summed E-state index contributed by atoms with van der Waals surface area (Å²) in [6.07, 6.45) is 1.57. The highest BCUT2D eigenvalue weighted by Crippen LogP contribution is 2.28. The van der Waals surface area contributed by atoms with Gasteiger partial charge in [0.1, 0.15) is 12.1 Å². The minimum Gasteiger partial charge on any atom is -0.396 e. The second kappa shape index (κ2) is 13.3. The Balaban J connectivity index is 1.63. The van der Waals surface area contributed by atoms with Crippen LogP contribution in [0.4, 0.5) is 0 Å². The maximum atomic E-state index is 13.6. The number of nitrogens with one attached hydrogen (secondary N) is 2. The molecule has 38 heavy (non-hydrogen) atoms. The standard InChI is InChI=1S/C28H40N4O5S/c1-18-24(38-17-30-18)20-11-9-19(10-12-20)15-29-26(36)22-14-21(34)16-32(22)27(37)25(28(2,3)4)31-23(35)8-6-5-7-13-33/h9-12,17,21-22,25,33-34H,5-8,13-16H2,1-4H3,(H,29,36)(H,31,35)/t21-,22+,25-/m1/s1. The fourth-order valence-electron chi connectivity index (χ4n) is 4.59. The summed E-state index contributed by atoms with van der Waals surface area (Å²) in [7, 11) is 0. The van der Waals surface area contributed by atoms with E-state index in [2.05, 4.69) is 15.6 Å². The van der Waals surface area contributed by atoms with E-state index in [-0.39, 0.29) is 43.7 Å². The van der Waals surface area contributed by atoms with Gasteiger partial charge < -0.3 is 25.7 Å². The van der Waals surface area contributed by atoms with Gasteiger partial charge in [-0.1, -0.05) is 51.5 Å². The molecule has 2 aromatic rings. The van der Waals surface area contributed by atoms with Gasteiger partial charge in [-0.3, -0.25) is 14.4 Å². The molecule has 3 atom stereocenters. The van der Waals surface area contributed by atoms with Gasteiger partial charge in [0.25, 0.3) is 0 Å². The van der Waals surface area contributed by atoms with Gasteiger partial charge in [0.05, 0.1) is 22.2 Å². The highest BCUT2D eigenvalue weighted by molar-refractivity contribution is 7.13. The van der Waals surface area contributed by atoms with E-state index in [0.717, 1.165) is 28.1 Å². The number of β-amino-alcohol motifs (C(OH)–C–C–N with tert-alkyl or cyclic N) is 1. The molecule has 1 aliphatic heterocycles. The van der Waals surface area contributed by atoms with Gasteiger partial charge in [-0.2, -0.15) is 0 Å². The van der Waals surface area contributed by atoms with Crippen molar-refractivity contribution in [3.05, 3.63) is 41.0 Å². The Hall–Kier alpha value is -2.82. The first kappa shape index (κ1) is 29.7. The van der Waals surface area contributed by atoms with Crippen LogP contribution in [0.1, 0.15) is 64.1 Å². The third kappa shape index (κ3) is 7.85. The molecule has 1 aliphatic rings. The van der Waals surface area contributed by atoms with Gasteiger partial charge >= 0.3 is 0 Å². The van der Waals surface area contributed by atoms with Crippen LogP contribution in [0.2, 0.25) is 0 Å². The summed E-state index contributed by atoms with van der Waals surface area (Å²) in [5, 5.41) is 25.0. The Labute approximate surface area is 228 Å². The van der Waals surface area contributed by atoms with Crippen molar-refractivity contribution in [2.24, 2.45) is 5.41 Å². The van der Waals surface area contributed by atoms with Crippen molar-refractivity contribution < 1.29 is 24.6 Å².